The van der Waals surface area contributed by atoms with Gasteiger partial charge in [0.05, 0.1) is 9.79 Å². The normalized spacial score (nSPS) is 10.6. The van der Waals surface area contributed by atoms with Gasteiger partial charge in [0.2, 0.25) is 0 Å². The van der Waals surface area contributed by atoms with Gasteiger partial charge in [0.15, 0.2) is 10.3 Å². The van der Waals surface area contributed by atoms with Crippen molar-refractivity contribution in [2.24, 2.45) is 0 Å². The van der Waals surface area contributed by atoms with Gasteiger partial charge in [-0.25, -0.2) is 8.78 Å². The molecule has 0 radical (unpaired) electrons. The molecule has 17 heavy (non-hydrogen) atoms. The number of rotatable bonds is 2. The van der Waals surface area contributed by atoms with Gasteiger partial charge >= 0.3 is 0 Å². The average Bonchev–Trinajstić information content (AvgIpc) is 2.28. The van der Waals surface area contributed by atoms with Crippen LogP contribution in [0.1, 0.15) is 0 Å². The van der Waals surface area contributed by atoms with Gasteiger partial charge in [0.25, 0.3) is 0 Å². The van der Waals surface area contributed by atoms with E-state index in [1.54, 1.807) is 0 Å². The van der Waals surface area contributed by atoms with Gasteiger partial charge in [0.1, 0.15) is 11.6 Å². The number of hydrogen-bond acceptors (Lipinski definition) is 3. The second-order valence-electron chi connectivity index (χ2n) is 3.00. The number of aromatic nitrogens is 2. The summed E-state index contributed by atoms with van der Waals surface area (Å²) >= 11 is 12.3. The molecular weight excluding hydrogens is 289 g/mol. The van der Waals surface area contributed by atoms with Crippen molar-refractivity contribution in [1.29, 1.82) is 0 Å². The topological polar surface area (TPSA) is 25.8 Å². The fraction of sp³-hybridized carbons (Fsp3) is 0. The van der Waals surface area contributed by atoms with Crippen molar-refractivity contribution in [3.05, 3.63) is 46.2 Å². The summed E-state index contributed by atoms with van der Waals surface area (Å²) in [7, 11) is 0. The van der Waals surface area contributed by atoms with Gasteiger partial charge in [-0.15, -0.1) is 10.2 Å². The molecule has 2 aromatic rings. The summed E-state index contributed by atoms with van der Waals surface area (Å²) in [6, 6.07) is 4.59. The largest absolute Gasteiger partial charge is 0.207 e. The van der Waals surface area contributed by atoms with E-state index in [-0.39, 0.29) is 15.2 Å². The average molecular weight is 293 g/mol. The maximum Gasteiger partial charge on any atom is 0.165 e. The number of halogens is 4. The molecule has 2 rings (SSSR count). The summed E-state index contributed by atoms with van der Waals surface area (Å²) in [6.07, 6.45) is 0. The van der Waals surface area contributed by atoms with E-state index in [9.17, 15) is 8.78 Å². The lowest BCUT2D eigenvalue weighted by Crippen LogP contribution is -1.88. The molecule has 0 saturated carbocycles. The highest BCUT2D eigenvalue weighted by Gasteiger charge is 2.10. The summed E-state index contributed by atoms with van der Waals surface area (Å²) in [5.41, 5.74) is 0. The Bertz CT molecular complexity index is 516. The van der Waals surface area contributed by atoms with Crippen molar-refractivity contribution in [2.75, 3.05) is 0 Å². The molecular formula is C10H4Cl2F2N2S. The molecule has 88 valence electrons. The zero-order valence-corrected chi connectivity index (χ0v) is 10.5. The number of benzene rings is 1. The molecule has 0 aliphatic carbocycles. The molecule has 0 spiro atoms. The van der Waals surface area contributed by atoms with Crippen LogP contribution >= 0.6 is 35.0 Å². The van der Waals surface area contributed by atoms with Crippen LogP contribution in [0.2, 0.25) is 10.3 Å². The van der Waals surface area contributed by atoms with Crippen LogP contribution in [0.15, 0.2) is 34.1 Å². The molecule has 2 nitrogen and oxygen atoms in total. The lowest BCUT2D eigenvalue weighted by molar-refractivity contribution is 0.577. The monoisotopic (exact) mass is 292 g/mol. The zero-order chi connectivity index (χ0) is 12.4. The fourth-order valence-electron chi connectivity index (χ4n) is 1.08. The first kappa shape index (κ1) is 12.5. The van der Waals surface area contributed by atoms with Crippen LogP contribution in [0.3, 0.4) is 0 Å². The van der Waals surface area contributed by atoms with E-state index < -0.39 is 11.6 Å². The molecule has 0 saturated heterocycles. The Balaban J connectivity index is 2.37. The summed E-state index contributed by atoms with van der Waals surface area (Å²) in [4.78, 5) is 0.520. The van der Waals surface area contributed by atoms with Crippen LogP contribution < -0.4 is 0 Å². The van der Waals surface area contributed by atoms with Crippen LogP contribution in [-0.4, -0.2) is 10.2 Å². The Labute approximate surface area is 110 Å². The lowest BCUT2D eigenvalue weighted by Gasteiger charge is -2.04. The summed E-state index contributed by atoms with van der Waals surface area (Å²) in [6.45, 7) is 0. The van der Waals surface area contributed by atoms with Gasteiger partial charge in [-0.05, 0) is 24.3 Å². The van der Waals surface area contributed by atoms with Crippen molar-refractivity contribution in [3.63, 3.8) is 0 Å². The van der Waals surface area contributed by atoms with Crippen molar-refractivity contribution in [1.82, 2.24) is 10.2 Å². The Morgan fingerprint density at radius 2 is 1.76 bits per heavy atom. The Kier molecular flexibility index (Phi) is 3.81. The van der Waals surface area contributed by atoms with Gasteiger partial charge in [0, 0.05) is 0 Å². The second kappa shape index (κ2) is 5.16. The minimum absolute atomic E-state index is 0.0862. The first-order chi connectivity index (χ1) is 8.06. The molecule has 1 heterocycles. The molecule has 0 unspecified atom stereocenters. The molecule has 7 heteroatoms. The quantitative estimate of drug-likeness (QED) is 0.829. The van der Waals surface area contributed by atoms with E-state index in [0.29, 0.717) is 4.90 Å². The number of nitrogens with zero attached hydrogens (tertiary/aromatic N) is 2. The van der Waals surface area contributed by atoms with E-state index in [1.165, 1.54) is 6.07 Å². The number of hydrogen-bond donors (Lipinski definition) is 0. The van der Waals surface area contributed by atoms with Crippen molar-refractivity contribution < 1.29 is 8.78 Å². The third-order valence-corrected chi connectivity index (χ3v) is 3.44. The first-order valence-corrected chi connectivity index (χ1v) is 5.95. The summed E-state index contributed by atoms with van der Waals surface area (Å²) in [5.74, 6) is -1.07. The van der Waals surface area contributed by atoms with Gasteiger partial charge < -0.3 is 0 Å². The van der Waals surface area contributed by atoms with Crippen LogP contribution in [-0.2, 0) is 0 Å². The first-order valence-electron chi connectivity index (χ1n) is 4.38. The van der Waals surface area contributed by atoms with Crippen LogP contribution in [0.5, 0.6) is 0 Å². The maximum absolute atomic E-state index is 13.4. The van der Waals surface area contributed by atoms with Crippen LogP contribution in [0, 0.1) is 11.6 Å². The maximum atomic E-state index is 13.4. The van der Waals surface area contributed by atoms with Gasteiger partial charge in [-0.3, -0.25) is 0 Å². The second-order valence-corrected chi connectivity index (χ2v) is 4.83. The molecule has 0 aliphatic rings. The van der Waals surface area contributed by atoms with Gasteiger partial charge in [-0.1, -0.05) is 35.0 Å². The molecule has 0 fully saturated rings. The van der Waals surface area contributed by atoms with E-state index in [0.717, 1.165) is 30.0 Å². The third-order valence-electron chi connectivity index (χ3n) is 1.80. The smallest absolute Gasteiger partial charge is 0.165 e. The highest BCUT2D eigenvalue weighted by Crippen LogP contribution is 2.34. The molecule has 1 aromatic heterocycles. The molecule has 1 aromatic carbocycles. The molecule has 0 aliphatic heterocycles. The van der Waals surface area contributed by atoms with Crippen molar-refractivity contribution in [3.8, 4) is 0 Å². The molecule has 0 N–H and O–H groups in total. The molecule has 0 bridgehead atoms. The Morgan fingerprint density at radius 1 is 1.00 bits per heavy atom. The van der Waals surface area contributed by atoms with Gasteiger partial charge in [-0.2, -0.15) is 0 Å². The minimum Gasteiger partial charge on any atom is -0.207 e. The third kappa shape index (κ3) is 3.06. The van der Waals surface area contributed by atoms with E-state index in [1.807, 2.05) is 0 Å². The van der Waals surface area contributed by atoms with E-state index in [4.69, 9.17) is 23.2 Å². The standard InChI is InChI=1S/C10H4Cl2F2N2S/c11-9-4-8(10(12)16-15-9)17-7-3-5(13)1-2-6(7)14/h1-4H. The minimum atomic E-state index is -0.541. The highest BCUT2D eigenvalue weighted by atomic mass is 35.5. The fourth-order valence-corrected chi connectivity index (χ4v) is 2.37. The van der Waals surface area contributed by atoms with Crippen molar-refractivity contribution >= 4 is 35.0 Å². The van der Waals surface area contributed by atoms with E-state index >= 15 is 0 Å². The predicted octanol–water partition coefficient (Wildman–Crippen LogP) is 4.21. The van der Waals surface area contributed by atoms with E-state index in [2.05, 4.69) is 10.2 Å². The summed E-state index contributed by atoms with van der Waals surface area (Å²) in [5, 5.41) is 7.32. The highest BCUT2D eigenvalue weighted by molar-refractivity contribution is 7.99. The predicted molar refractivity (Wildman–Crippen MR) is 62.5 cm³/mol. The lowest BCUT2D eigenvalue weighted by atomic mass is 10.3. The van der Waals surface area contributed by atoms with Crippen molar-refractivity contribution in [2.45, 2.75) is 9.79 Å². The Hall–Kier alpha value is -0.910. The SMILES string of the molecule is Fc1ccc(F)c(Sc2cc(Cl)nnc2Cl)c1. The van der Waals surface area contributed by atoms with Crippen LogP contribution in [0.4, 0.5) is 8.78 Å². The van der Waals surface area contributed by atoms with Crippen LogP contribution in [0.25, 0.3) is 0 Å². The Morgan fingerprint density at radius 3 is 2.53 bits per heavy atom. The molecule has 0 amide bonds. The zero-order valence-electron chi connectivity index (χ0n) is 8.12. The molecule has 0 atom stereocenters. The summed E-state index contributed by atoms with van der Waals surface area (Å²) < 4.78 is 26.4.